The highest BCUT2D eigenvalue weighted by atomic mass is 19.1. The summed E-state index contributed by atoms with van der Waals surface area (Å²) in [6.07, 6.45) is 5.03. The van der Waals surface area contributed by atoms with Crippen LogP contribution in [0.4, 0.5) is 10.3 Å². The second kappa shape index (κ2) is 11.1. The molecule has 2 aliphatic rings. The zero-order valence-corrected chi connectivity index (χ0v) is 21.3. The molecule has 2 fully saturated rings. The smallest absolute Gasteiger partial charge is 0.223 e. The van der Waals surface area contributed by atoms with Gasteiger partial charge in [-0.05, 0) is 55.0 Å². The molecule has 3 aromatic rings. The molecule has 0 spiro atoms. The Labute approximate surface area is 216 Å². The monoisotopic (exact) mass is 504 g/mol. The summed E-state index contributed by atoms with van der Waals surface area (Å²) >= 11 is 0. The van der Waals surface area contributed by atoms with E-state index < -0.39 is 11.9 Å². The summed E-state index contributed by atoms with van der Waals surface area (Å²) in [5.74, 6) is 0.0656. The van der Waals surface area contributed by atoms with E-state index in [0.29, 0.717) is 18.6 Å². The molecule has 1 aromatic carbocycles. The van der Waals surface area contributed by atoms with Crippen molar-refractivity contribution in [3.63, 3.8) is 0 Å². The Morgan fingerprint density at radius 2 is 2.14 bits per heavy atom. The van der Waals surface area contributed by atoms with Crippen LogP contribution in [0.1, 0.15) is 50.2 Å². The van der Waals surface area contributed by atoms with Gasteiger partial charge >= 0.3 is 0 Å². The molecule has 5 rings (SSSR count). The quantitative estimate of drug-likeness (QED) is 0.513. The van der Waals surface area contributed by atoms with Gasteiger partial charge in [-0.2, -0.15) is 5.26 Å². The summed E-state index contributed by atoms with van der Waals surface area (Å²) in [6, 6.07) is 7.87. The van der Waals surface area contributed by atoms with E-state index in [1.165, 1.54) is 11.8 Å². The number of hydrogen-bond acceptors (Lipinski definition) is 8. The number of aliphatic hydroxyl groups is 1. The second-order valence-corrected chi connectivity index (χ2v) is 10.4. The number of aromatic nitrogens is 3. The van der Waals surface area contributed by atoms with Crippen molar-refractivity contribution in [3.05, 3.63) is 47.5 Å². The van der Waals surface area contributed by atoms with Gasteiger partial charge in [0.25, 0.3) is 0 Å². The van der Waals surface area contributed by atoms with Gasteiger partial charge in [-0.15, -0.1) is 0 Å². The van der Waals surface area contributed by atoms with E-state index in [-0.39, 0.29) is 36.1 Å². The number of nitrogens with zero attached hydrogens (tertiary/aromatic N) is 5. The lowest BCUT2D eigenvalue weighted by atomic mass is 9.91. The van der Waals surface area contributed by atoms with Gasteiger partial charge in [0.15, 0.2) is 5.82 Å². The molecular weight excluding hydrogens is 471 g/mol. The van der Waals surface area contributed by atoms with E-state index in [9.17, 15) is 14.8 Å². The van der Waals surface area contributed by atoms with Gasteiger partial charge < -0.3 is 15.2 Å². The molecule has 4 heterocycles. The van der Waals surface area contributed by atoms with Crippen LogP contribution in [0.5, 0.6) is 0 Å². The topological polar surface area (TPSA) is 107 Å². The number of rotatable bonds is 6. The van der Waals surface area contributed by atoms with Crippen molar-refractivity contribution < 1.29 is 14.2 Å². The summed E-state index contributed by atoms with van der Waals surface area (Å²) in [7, 11) is 0. The summed E-state index contributed by atoms with van der Waals surface area (Å²) in [5.41, 5.74) is 4.02. The molecule has 0 amide bonds. The van der Waals surface area contributed by atoms with E-state index in [1.54, 1.807) is 0 Å². The van der Waals surface area contributed by atoms with Crippen LogP contribution in [-0.4, -0.2) is 63.4 Å². The van der Waals surface area contributed by atoms with Crippen LogP contribution in [0.25, 0.3) is 22.2 Å². The number of anilines is 1. The Bertz CT molecular complexity index is 1310. The zero-order valence-electron chi connectivity index (χ0n) is 21.3. The molecule has 2 N–H and O–H groups in total. The van der Waals surface area contributed by atoms with Crippen LogP contribution in [0.15, 0.2) is 30.6 Å². The fourth-order valence-corrected chi connectivity index (χ4v) is 5.45. The lowest BCUT2D eigenvalue weighted by Crippen LogP contribution is -2.42. The Morgan fingerprint density at radius 1 is 1.27 bits per heavy atom. The maximum absolute atomic E-state index is 15.0. The first kappa shape index (κ1) is 25.5. The van der Waals surface area contributed by atoms with Crippen molar-refractivity contribution in [1.82, 2.24) is 19.9 Å². The van der Waals surface area contributed by atoms with Crippen LogP contribution >= 0.6 is 0 Å². The molecule has 194 valence electrons. The normalized spacial score (nSPS) is 22.8. The van der Waals surface area contributed by atoms with Crippen LogP contribution < -0.4 is 5.32 Å². The lowest BCUT2D eigenvalue weighted by Gasteiger charge is -2.30. The van der Waals surface area contributed by atoms with Gasteiger partial charge in [0.1, 0.15) is 5.69 Å². The molecule has 2 aliphatic heterocycles. The SMILES string of the molecule is CC(C)c1c(CN2CCC[C@H](C#N)C2)cnc2ccc(-c3nc(N[C@@H]4CCOC[C@H]4O)ncc3F)cc12. The number of aliphatic hydroxyl groups excluding tert-OH is 1. The van der Waals surface area contributed by atoms with E-state index in [2.05, 4.69) is 40.1 Å². The van der Waals surface area contributed by atoms with Crippen molar-refractivity contribution >= 4 is 16.9 Å². The molecule has 2 aromatic heterocycles. The van der Waals surface area contributed by atoms with E-state index in [1.807, 2.05) is 24.4 Å². The average Bonchev–Trinajstić information content (AvgIpc) is 2.90. The second-order valence-electron chi connectivity index (χ2n) is 10.4. The lowest BCUT2D eigenvalue weighted by molar-refractivity contribution is -0.0136. The first-order valence-electron chi connectivity index (χ1n) is 13.0. The van der Waals surface area contributed by atoms with Crippen LogP contribution in [0.3, 0.4) is 0 Å². The van der Waals surface area contributed by atoms with E-state index in [0.717, 1.165) is 48.9 Å². The number of pyridine rings is 1. The van der Waals surface area contributed by atoms with Crippen molar-refractivity contribution in [1.29, 1.82) is 5.26 Å². The first-order valence-corrected chi connectivity index (χ1v) is 13.0. The molecule has 9 heteroatoms. The summed E-state index contributed by atoms with van der Waals surface area (Å²) < 4.78 is 20.2. The number of ether oxygens (including phenoxy) is 1. The van der Waals surface area contributed by atoms with Crippen molar-refractivity contribution in [3.8, 4) is 17.3 Å². The summed E-state index contributed by atoms with van der Waals surface area (Å²) in [6.45, 7) is 7.58. The molecule has 0 saturated carbocycles. The fourth-order valence-electron chi connectivity index (χ4n) is 5.45. The molecule has 0 radical (unpaired) electrons. The number of halogens is 1. The number of benzene rings is 1. The molecule has 0 aliphatic carbocycles. The van der Waals surface area contributed by atoms with Gasteiger partial charge in [-0.3, -0.25) is 9.88 Å². The molecule has 2 saturated heterocycles. The molecule has 8 nitrogen and oxygen atoms in total. The minimum Gasteiger partial charge on any atom is -0.389 e. The first-order chi connectivity index (χ1) is 17.9. The summed E-state index contributed by atoms with van der Waals surface area (Å²) in [5, 5.41) is 23.7. The third kappa shape index (κ3) is 5.57. The maximum Gasteiger partial charge on any atom is 0.223 e. The average molecular weight is 505 g/mol. The molecular formula is C28H33FN6O2. The highest BCUT2D eigenvalue weighted by Crippen LogP contribution is 2.33. The fraction of sp³-hybridized carbons (Fsp3) is 0.500. The van der Waals surface area contributed by atoms with E-state index in [4.69, 9.17) is 9.72 Å². The third-order valence-corrected chi connectivity index (χ3v) is 7.31. The molecule has 0 unspecified atom stereocenters. The van der Waals surface area contributed by atoms with Crippen molar-refractivity contribution in [2.45, 2.75) is 57.7 Å². The standard InChI is InChI=1S/C28H33FN6O2/c1-17(2)26-20(15-35-8-3-4-18(11-30)14-35)12-31-23-6-5-19(10-21(23)26)27-22(29)13-32-28(34-27)33-24-7-9-37-16-25(24)36/h5-6,10,12-13,17-18,24-25,36H,3-4,7-9,14-16H2,1-2H3,(H,32,33,34)/t18-,24-,25-/m1/s1. The van der Waals surface area contributed by atoms with Gasteiger partial charge in [0.05, 0.1) is 42.5 Å². The largest absolute Gasteiger partial charge is 0.389 e. The number of likely N-dealkylation sites (tertiary alicyclic amines) is 1. The number of hydrogen-bond donors (Lipinski definition) is 2. The highest BCUT2D eigenvalue weighted by Gasteiger charge is 2.25. The molecule has 3 atom stereocenters. The van der Waals surface area contributed by atoms with Gasteiger partial charge in [0, 0.05) is 36.8 Å². The summed E-state index contributed by atoms with van der Waals surface area (Å²) in [4.78, 5) is 15.6. The van der Waals surface area contributed by atoms with Gasteiger partial charge in [-0.1, -0.05) is 19.9 Å². The predicted octanol–water partition coefficient (Wildman–Crippen LogP) is 4.25. The number of nitrogens with one attached hydrogen (secondary N) is 1. The Balaban J connectivity index is 1.48. The number of piperidine rings is 1. The number of fused-ring (bicyclic) bond motifs is 1. The van der Waals surface area contributed by atoms with Crippen LogP contribution in [0, 0.1) is 23.1 Å². The van der Waals surface area contributed by atoms with Crippen LogP contribution in [0.2, 0.25) is 0 Å². The van der Waals surface area contributed by atoms with Crippen LogP contribution in [-0.2, 0) is 11.3 Å². The van der Waals surface area contributed by atoms with E-state index >= 15 is 0 Å². The van der Waals surface area contributed by atoms with Crippen molar-refractivity contribution in [2.75, 3.05) is 31.6 Å². The minimum absolute atomic E-state index is 0.0714. The molecule has 0 bridgehead atoms. The number of nitriles is 1. The predicted molar refractivity (Wildman–Crippen MR) is 139 cm³/mol. The Hall–Kier alpha value is -3.19. The van der Waals surface area contributed by atoms with Crippen molar-refractivity contribution in [2.24, 2.45) is 5.92 Å². The van der Waals surface area contributed by atoms with Gasteiger partial charge in [0.2, 0.25) is 5.95 Å². The highest BCUT2D eigenvalue weighted by molar-refractivity contribution is 5.88. The third-order valence-electron chi connectivity index (χ3n) is 7.31. The maximum atomic E-state index is 15.0. The zero-order chi connectivity index (χ0) is 25.9. The van der Waals surface area contributed by atoms with Gasteiger partial charge in [-0.25, -0.2) is 14.4 Å². The Morgan fingerprint density at radius 3 is 2.92 bits per heavy atom. The minimum atomic E-state index is -0.673. The Kier molecular flexibility index (Phi) is 7.60. The molecule has 37 heavy (non-hydrogen) atoms.